The molecule has 0 fully saturated rings. The zero-order valence-electron chi connectivity index (χ0n) is 17.8. The number of nitrogens with one attached hydrogen (secondary N) is 1. The molecular formula is C26H24ClN3O2. The predicted molar refractivity (Wildman–Crippen MR) is 129 cm³/mol. The number of carbonyl (C=O) groups is 1. The average molecular weight is 446 g/mol. The first-order valence-corrected chi connectivity index (χ1v) is 10.9. The molecule has 0 spiro atoms. The van der Waals surface area contributed by atoms with Gasteiger partial charge in [-0.3, -0.25) is 4.79 Å². The molecule has 1 heterocycles. The molecule has 162 valence electrons. The van der Waals surface area contributed by atoms with E-state index in [1.54, 1.807) is 4.68 Å². The Hall–Kier alpha value is -3.57. The van der Waals surface area contributed by atoms with Gasteiger partial charge in [0.25, 0.3) is 0 Å². The van der Waals surface area contributed by atoms with E-state index in [4.69, 9.17) is 21.4 Å². The lowest BCUT2D eigenvalue weighted by molar-refractivity contribution is -0.116. The van der Waals surface area contributed by atoms with Crippen molar-refractivity contribution in [3.8, 4) is 22.7 Å². The number of carbonyl (C=O) groups excluding carboxylic acids is 1. The summed E-state index contributed by atoms with van der Waals surface area (Å²) in [6.45, 7) is 2.51. The van der Waals surface area contributed by atoms with Gasteiger partial charge >= 0.3 is 0 Å². The minimum absolute atomic E-state index is 0.0856. The number of amides is 1. The van der Waals surface area contributed by atoms with E-state index >= 15 is 0 Å². The molecule has 1 aromatic heterocycles. The molecule has 0 saturated carbocycles. The smallest absolute Gasteiger partial charge is 0.225 e. The number of aryl methyl sites for hydroxylation is 1. The Balaban J connectivity index is 1.47. The van der Waals surface area contributed by atoms with Crippen LogP contribution >= 0.6 is 11.6 Å². The van der Waals surface area contributed by atoms with Gasteiger partial charge in [-0.05, 0) is 49.7 Å². The van der Waals surface area contributed by atoms with Gasteiger partial charge in [0.05, 0.1) is 18.0 Å². The largest absolute Gasteiger partial charge is 0.494 e. The molecular weight excluding hydrogens is 422 g/mol. The van der Waals surface area contributed by atoms with Crippen LogP contribution < -0.4 is 10.1 Å². The molecule has 0 atom stereocenters. The van der Waals surface area contributed by atoms with Crippen LogP contribution in [0.5, 0.6) is 5.75 Å². The number of benzene rings is 3. The molecule has 0 aliphatic heterocycles. The molecule has 6 heteroatoms. The van der Waals surface area contributed by atoms with E-state index in [9.17, 15) is 4.79 Å². The van der Waals surface area contributed by atoms with E-state index in [1.165, 1.54) is 0 Å². The van der Waals surface area contributed by atoms with Gasteiger partial charge in [0.1, 0.15) is 11.6 Å². The Morgan fingerprint density at radius 3 is 2.44 bits per heavy atom. The predicted octanol–water partition coefficient (Wildman–Crippen LogP) is 6.30. The number of aromatic nitrogens is 2. The van der Waals surface area contributed by atoms with Crippen LogP contribution in [-0.4, -0.2) is 22.3 Å². The molecule has 0 bridgehead atoms. The van der Waals surface area contributed by atoms with Gasteiger partial charge in [0, 0.05) is 23.1 Å². The summed E-state index contributed by atoms with van der Waals surface area (Å²) >= 11 is 6.02. The van der Waals surface area contributed by atoms with E-state index in [2.05, 4.69) is 5.32 Å². The lowest BCUT2D eigenvalue weighted by Crippen LogP contribution is -2.15. The number of rotatable bonds is 8. The molecule has 0 saturated heterocycles. The number of hydrogen-bond acceptors (Lipinski definition) is 3. The first-order valence-electron chi connectivity index (χ1n) is 10.5. The van der Waals surface area contributed by atoms with Gasteiger partial charge in [-0.2, -0.15) is 5.10 Å². The SMILES string of the molecule is Cc1ccc(-n2nc(-c3ccc(Cl)cc3)cc2NC(=O)CCCOc2ccccc2)cc1. The number of para-hydroxylation sites is 1. The molecule has 1 N–H and O–H groups in total. The summed E-state index contributed by atoms with van der Waals surface area (Å²) in [6.07, 6.45) is 0.964. The highest BCUT2D eigenvalue weighted by Gasteiger charge is 2.14. The maximum absolute atomic E-state index is 12.6. The van der Waals surface area contributed by atoms with Crippen LogP contribution in [0.1, 0.15) is 18.4 Å². The van der Waals surface area contributed by atoms with Gasteiger partial charge < -0.3 is 10.1 Å². The van der Waals surface area contributed by atoms with E-state index < -0.39 is 0 Å². The fraction of sp³-hybridized carbons (Fsp3) is 0.154. The third-order valence-corrected chi connectivity index (χ3v) is 5.21. The number of halogens is 1. The van der Waals surface area contributed by atoms with Crippen molar-refractivity contribution in [2.75, 3.05) is 11.9 Å². The molecule has 0 aliphatic carbocycles. The molecule has 0 radical (unpaired) electrons. The lowest BCUT2D eigenvalue weighted by atomic mass is 10.1. The summed E-state index contributed by atoms with van der Waals surface area (Å²) in [5.74, 6) is 1.34. The van der Waals surface area contributed by atoms with Crippen molar-refractivity contribution < 1.29 is 9.53 Å². The van der Waals surface area contributed by atoms with E-state index in [0.29, 0.717) is 30.3 Å². The third-order valence-electron chi connectivity index (χ3n) is 4.96. The summed E-state index contributed by atoms with van der Waals surface area (Å²) in [6, 6.07) is 27.0. The maximum Gasteiger partial charge on any atom is 0.225 e. The number of ether oxygens (including phenoxy) is 1. The van der Waals surface area contributed by atoms with Gasteiger partial charge in [-0.1, -0.05) is 59.6 Å². The highest BCUT2D eigenvalue weighted by atomic mass is 35.5. The zero-order valence-corrected chi connectivity index (χ0v) is 18.5. The maximum atomic E-state index is 12.6. The monoisotopic (exact) mass is 445 g/mol. The van der Waals surface area contributed by atoms with Crippen LogP contribution in [0.25, 0.3) is 16.9 Å². The van der Waals surface area contributed by atoms with Gasteiger partial charge in [0.2, 0.25) is 5.91 Å². The van der Waals surface area contributed by atoms with E-state index in [1.807, 2.05) is 91.9 Å². The van der Waals surface area contributed by atoms with Crippen molar-refractivity contribution in [2.24, 2.45) is 0 Å². The van der Waals surface area contributed by atoms with Crippen LogP contribution in [0.4, 0.5) is 5.82 Å². The quantitative estimate of drug-likeness (QED) is 0.324. The van der Waals surface area contributed by atoms with Gasteiger partial charge in [-0.15, -0.1) is 0 Å². The summed E-state index contributed by atoms with van der Waals surface area (Å²) in [4.78, 5) is 12.6. The second-order valence-electron chi connectivity index (χ2n) is 7.48. The van der Waals surface area contributed by atoms with Crippen molar-refractivity contribution >= 4 is 23.3 Å². The van der Waals surface area contributed by atoms with Crippen LogP contribution in [0, 0.1) is 6.92 Å². The van der Waals surface area contributed by atoms with Gasteiger partial charge in [0.15, 0.2) is 0 Å². The molecule has 4 aromatic rings. The van der Waals surface area contributed by atoms with Crippen LogP contribution in [0.3, 0.4) is 0 Å². The van der Waals surface area contributed by atoms with Crippen molar-refractivity contribution in [3.05, 3.63) is 95.5 Å². The topological polar surface area (TPSA) is 56.2 Å². The normalized spacial score (nSPS) is 10.7. The Kier molecular flexibility index (Phi) is 6.87. The summed E-state index contributed by atoms with van der Waals surface area (Å²) < 4.78 is 7.43. The third kappa shape index (κ3) is 5.56. The summed E-state index contributed by atoms with van der Waals surface area (Å²) in [7, 11) is 0. The number of nitrogens with zero attached hydrogens (tertiary/aromatic N) is 2. The van der Waals surface area contributed by atoms with E-state index in [0.717, 1.165) is 28.3 Å². The molecule has 3 aromatic carbocycles. The first kappa shape index (κ1) is 21.7. The van der Waals surface area contributed by atoms with Crippen LogP contribution in [0.2, 0.25) is 5.02 Å². The molecule has 1 amide bonds. The Morgan fingerprint density at radius 2 is 1.72 bits per heavy atom. The summed E-state index contributed by atoms with van der Waals surface area (Å²) in [5, 5.41) is 8.40. The fourth-order valence-electron chi connectivity index (χ4n) is 3.26. The van der Waals surface area contributed by atoms with Crippen molar-refractivity contribution in [3.63, 3.8) is 0 Å². The first-order chi connectivity index (χ1) is 15.6. The number of hydrogen-bond donors (Lipinski definition) is 1. The molecule has 0 unspecified atom stereocenters. The van der Waals surface area contributed by atoms with Crippen LogP contribution in [-0.2, 0) is 4.79 Å². The standard InChI is InChI=1S/C26H24ClN3O2/c1-19-9-15-22(16-10-19)30-25(18-24(29-30)20-11-13-21(27)14-12-20)28-26(31)8-5-17-32-23-6-3-2-4-7-23/h2-4,6-7,9-16,18H,5,8,17H2,1H3,(H,28,31). The minimum Gasteiger partial charge on any atom is -0.494 e. The van der Waals surface area contributed by atoms with Gasteiger partial charge in [-0.25, -0.2) is 4.68 Å². The zero-order chi connectivity index (χ0) is 22.3. The highest BCUT2D eigenvalue weighted by Crippen LogP contribution is 2.26. The fourth-order valence-corrected chi connectivity index (χ4v) is 3.39. The Labute approximate surface area is 192 Å². The molecule has 32 heavy (non-hydrogen) atoms. The van der Waals surface area contributed by atoms with Crippen molar-refractivity contribution in [2.45, 2.75) is 19.8 Å². The highest BCUT2D eigenvalue weighted by molar-refractivity contribution is 6.30. The second kappa shape index (κ2) is 10.2. The molecule has 5 nitrogen and oxygen atoms in total. The minimum atomic E-state index is -0.0856. The molecule has 0 aliphatic rings. The van der Waals surface area contributed by atoms with Crippen molar-refractivity contribution in [1.82, 2.24) is 9.78 Å². The summed E-state index contributed by atoms with van der Waals surface area (Å²) in [5.41, 5.74) is 3.71. The Morgan fingerprint density at radius 1 is 1.00 bits per heavy atom. The van der Waals surface area contributed by atoms with Crippen molar-refractivity contribution in [1.29, 1.82) is 0 Å². The average Bonchev–Trinajstić information content (AvgIpc) is 3.22. The second-order valence-corrected chi connectivity index (χ2v) is 7.92. The van der Waals surface area contributed by atoms with Crippen LogP contribution in [0.15, 0.2) is 84.9 Å². The van der Waals surface area contributed by atoms with E-state index in [-0.39, 0.29) is 5.91 Å². The molecule has 4 rings (SSSR count). The number of anilines is 1. The Bertz CT molecular complexity index is 1170. The lowest BCUT2D eigenvalue weighted by Gasteiger charge is -2.10.